The lowest BCUT2D eigenvalue weighted by Gasteiger charge is -2.27. The zero-order chi connectivity index (χ0) is 11.4. The van der Waals surface area contributed by atoms with E-state index in [1.54, 1.807) is 6.92 Å². The monoisotopic (exact) mass is 214 g/mol. The highest BCUT2D eigenvalue weighted by atomic mass is 16.4. The molecule has 0 aromatic heterocycles. The number of carboxylic acids is 1. The summed E-state index contributed by atoms with van der Waals surface area (Å²) in [7, 11) is 0. The predicted molar refractivity (Wildman–Crippen MR) is 55.2 cm³/mol. The second kappa shape index (κ2) is 5.11. The summed E-state index contributed by atoms with van der Waals surface area (Å²) in [4.78, 5) is 22.0. The van der Waals surface area contributed by atoms with Gasteiger partial charge in [0.05, 0.1) is 12.0 Å². The molecule has 1 fully saturated rings. The molecular formula is C10H18N2O3. The number of carboxylic acid groups (broad SMARTS) is 1. The van der Waals surface area contributed by atoms with Crippen LogP contribution in [0.4, 0.5) is 0 Å². The van der Waals surface area contributed by atoms with Crippen molar-refractivity contribution in [1.82, 2.24) is 5.32 Å². The predicted octanol–water partition coefficient (Wildman–Crippen LogP) is 0.0932. The molecule has 86 valence electrons. The highest BCUT2D eigenvalue weighted by Crippen LogP contribution is 2.24. The summed E-state index contributed by atoms with van der Waals surface area (Å²) in [6.45, 7) is 1.64. The molecular weight excluding hydrogens is 196 g/mol. The van der Waals surface area contributed by atoms with Crippen molar-refractivity contribution < 1.29 is 14.7 Å². The quantitative estimate of drug-likeness (QED) is 0.621. The zero-order valence-corrected chi connectivity index (χ0v) is 8.90. The lowest BCUT2D eigenvalue weighted by molar-refractivity contribution is -0.142. The fraction of sp³-hybridized carbons (Fsp3) is 0.800. The molecule has 15 heavy (non-hydrogen) atoms. The van der Waals surface area contributed by atoms with Gasteiger partial charge in [-0.1, -0.05) is 0 Å². The van der Waals surface area contributed by atoms with Gasteiger partial charge in [0.25, 0.3) is 0 Å². The van der Waals surface area contributed by atoms with Crippen LogP contribution >= 0.6 is 0 Å². The van der Waals surface area contributed by atoms with Crippen molar-refractivity contribution in [3.05, 3.63) is 0 Å². The molecule has 0 aromatic rings. The molecule has 1 aliphatic carbocycles. The van der Waals surface area contributed by atoms with Crippen LogP contribution in [0, 0.1) is 5.92 Å². The topological polar surface area (TPSA) is 92.4 Å². The minimum absolute atomic E-state index is 0.0964. The average Bonchev–Trinajstić information content (AvgIpc) is 2.18. The smallest absolute Gasteiger partial charge is 0.306 e. The fourth-order valence-electron chi connectivity index (χ4n) is 1.82. The zero-order valence-electron chi connectivity index (χ0n) is 8.90. The molecule has 0 radical (unpaired) electrons. The van der Waals surface area contributed by atoms with Gasteiger partial charge in [0.2, 0.25) is 5.91 Å². The highest BCUT2D eigenvalue weighted by molar-refractivity contribution is 5.81. The van der Waals surface area contributed by atoms with Crippen LogP contribution in [-0.2, 0) is 9.59 Å². The summed E-state index contributed by atoms with van der Waals surface area (Å²) in [6, 6.07) is -0.402. The summed E-state index contributed by atoms with van der Waals surface area (Å²) in [6.07, 6.45) is 2.74. The Morgan fingerprint density at radius 3 is 2.27 bits per heavy atom. The SMILES string of the molecule is C[C@@H](N)C(=O)NC1CCC(C(=O)O)CC1. The van der Waals surface area contributed by atoms with Gasteiger partial charge in [0, 0.05) is 6.04 Å². The summed E-state index contributed by atoms with van der Waals surface area (Å²) in [5.41, 5.74) is 5.42. The van der Waals surface area contributed by atoms with Crippen molar-refractivity contribution in [2.75, 3.05) is 0 Å². The number of nitrogens with one attached hydrogen (secondary N) is 1. The van der Waals surface area contributed by atoms with Crippen molar-refractivity contribution in [2.24, 2.45) is 11.7 Å². The Morgan fingerprint density at radius 1 is 1.33 bits per heavy atom. The Kier molecular flexibility index (Phi) is 4.08. The second-order valence-corrected chi connectivity index (χ2v) is 4.18. The minimum Gasteiger partial charge on any atom is -0.481 e. The van der Waals surface area contributed by atoms with Gasteiger partial charge < -0.3 is 16.2 Å². The standard InChI is InChI=1S/C10H18N2O3/c1-6(11)9(13)12-8-4-2-7(3-5-8)10(14)15/h6-8H,2-5,11H2,1H3,(H,12,13)(H,14,15)/t6-,7?,8?/m1/s1. The van der Waals surface area contributed by atoms with Crippen molar-refractivity contribution in [2.45, 2.75) is 44.7 Å². The van der Waals surface area contributed by atoms with Crippen molar-refractivity contribution >= 4 is 11.9 Å². The normalized spacial score (nSPS) is 28.1. The first-order valence-corrected chi connectivity index (χ1v) is 5.29. The Morgan fingerprint density at radius 2 is 1.87 bits per heavy atom. The summed E-state index contributed by atoms with van der Waals surface area (Å²) in [5.74, 6) is -1.13. The number of hydrogen-bond donors (Lipinski definition) is 3. The molecule has 1 atom stereocenters. The van der Waals surface area contributed by atoms with Gasteiger partial charge in [-0.15, -0.1) is 0 Å². The molecule has 0 aromatic carbocycles. The largest absolute Gasteiger partial charge is 0.481 e. The highest BCUT2D eigenvalue weighted by Gasteiger charge is 2.26. The van der Waals surface area contributed by atoms with E-state index in [0.29, 0.717) is 12.8 Å². The molecule has 0 bridgehead atoms. The van der Waals surface area contributed by atoms with E-state index in [1.165, 1.54) is 0 Å². The van der Waals surface area contributed by atoms with Crippen molar-refractivity contribution in [3.63, 3.8) is 0 Å². The number of hydrogen-bond acceptors (Lipinski definition) is 3. The van der Waals surface area contributed by atoms with Crippen LogP contribution in [0.3, 0.4) is 0 Å². The molecule has 1 saturated carbocycles. The Hall–Kier alpha value is -1.10. The van der Waals surface area contributed by atoms with Gasteiger partial charge in [-0.3, -0.25) is 9.59 Å². The van der Waals surface area contributed by atoms with Crippen molar-refractivity contribution in [3.8, 4) is 0 Å². The van der Waals surface area contributed by atoms with Crippen LogP contribution in [0.1, 0.15) is 32.6 Å². The van der Waals surface area contributed by atoms with E-state index >= 15 is 0 Å². The summed E-state index contributed by atoms with van der Waals surface area (Å²) in [5, 5.41) is 11.6. The fourth-order valence-corrected chi connectivity index (χ4v) is 1.82. The molecule has 0 unspecified atom stereocenters. The van der Waals surface area contributed by atoms with Crippen LogP contribution in [-0.4, -0.2) is 29.1 Å². The Bertz CT molecular complexity index is 245. The molecule has 5 heteroatoms. The molecule has 1 aliphatic rings. The summed E-state index contributed by atoms with van der Waals surface area (Å²) >= 11 is 0. The number of rotatable bonds is 3. The maximum Gasteiger partial charge on any atom is 0.306 e. The molecule has 0 aliphatic heterocycles. The molecule has 1 amide bonds. The van der Waals surface area contributed by atoms with Gasteiger partial charge in [-0.25, -0.2) is 0 Å². The number of aliphatic carboxylic acids is 1. The van der Waals surface area contributed by atoms with E-state index in [1.807, 2.05) is 0 Å². The van der Waals surface area contributed by atoms with Gasteiger partial charge in [-0.05, 0) is 32.6 Å². The van der Waals surface area contributed by atoms with E-state index < -0.39 is 12.0 Å². The Labute approximate surface area is 89.0 Å². The van der Waals surface area contributed by atoms with Crippen LogP contribution in [0.15, 0.2) is 0 Å². The molecule has 4 N–H and O–H groups in total. The second-order valence-electron chi connectivity index (χ2n) is 4.18. The number of carbonyl (C=O) groups is 2. The van der Waals surface area contributed by atoms with Crippen LogP contribution in [0.2, 0.25) is 0 Å². The Balaban J connectivity index is 2.32. The van der Waals surface area contributed by atoms with E-state index in [4.69, 9.17) is 10.8 Å². The maximum absolute atomic E-state index is 11.3. The van der Waals surface area contributed by atoms with E-state index in [9.17, 15) is 9.59 Å². The van der Waals surface area contributed by atoms with Gasteiger partial charge in [0.1, 0.15) is 0 Å². The number of carbonyl (C=O) groups excluding carboxylic acids is 1. The first-order valence-electron chi connectivity index (χ1n) is 5.29. The number of amides is 1. The minimum atomic E-state index is -0.730. The maximum atomic E-state index is 11.3. The van der Waals surface area contributed by atoms with E-state index in [-0.39, 0.29) is 17.9 Å². The third kappa shape index (κ3) is 3.51. The molecule has 0 saturated heterocycles. The number of nitrogens with two attached hydrogens (primary N) is 1. The van der Waals surface area contributed by atoms with Crippen molar-refractivity contribution in [1.29, 1.82) is 0 Å². The third-order valence-corrected chi connectivity index (χ3v) is 2.84. The summed E-state index contributed by atoms with van der Waals surface area (Å²) < 4.78 is 0. The van der Waals surface area contributed by atoms with Gasteiger partial charge in [-0.2, -0.15) is 0 Å². The van der Waals surface area contributed by atoms with Crippen LogP contribution in [0.25, 0.3) is 0 Å². The van der Waals surface area contributed by atoms with Crippen LogP contribution < -0.4 is 11.1 Å². The molecule has 5 nitrogen and oxygen atoms in total. The first-order chi connectivity index (χ1) is 7.00. The lowest BCUT2D eigenvalue weighted by Crippen LogP contribution is -2.45. The first kappa shape index (κ1) is 12.0. The van der Waals surface area contributed by atoms with Crippen LogP contribution in [0.5, 0.6) is 0 Å². The molecule has 0 heterocycles. The van der Waals surface area contributed by atoms with Gasteiger partial charge in [0.15, 0.2) is 0 Å². The van der Waals surface area contributed by atoms with Gasteiger partial charge >= 0.3 is 5.97 Å². The average molecular weight is 214 g/mol. The van der Waals surface area contributed by atoms with E-state index in [2.05, 4.69) is 5.32 Å². The molecule has 0 spiro atoms. The molecule has 1 rings (SSSR count). The lowest BCUT2D eigenvalue weighted by atomic mass is 9.86. The van der Waals surface area contributed by atoms with E-state index in [0.717, 1.165) is 12.8 Å². The third-order valence-electron chi connectivity index (χ3n) is 2.84.